The molecule has 1 heterocycles. The van der Waals surface area contributed by atoms with Crippen molar-refractivity contribution in [1.29, 1.82) is 0 Å². The lowest BCUT2D eigenvalue weighted by molar-refractivity contribution is -0.135. The van der Waals surface area contributed by atoms with Gasteiger partial charge in [-0.1, -0.05) is 11.6 Å². The van der Waals surface area contributed by atoms with Crippen molar-refractivity contribution in [2.24, 2.45) is 5.73 Å². The number of halogens is 1. The number of benzene rings is 1. The molecule has 2 atom stereocenters. The molecule has 5 nitrogen and oxygen atoms in total. The van der Waals surface area contributed by atoms with Gasteiger partial charge in [-0.2, -0.15) is 0 Å². The average Bonchev–Trinajstić information content (AvgIpc) is 2.55. The van der Waals surface area contributed by atoms with Crippen molar-refractivity contribution in [3.8, 4) is 5.75 Å². The maximum Gasteiger partial charge on any atom is 0.224 e. The minimum Gasteiger partial charge on any atom is -0.495 e. The summed E-state index contributed by atoms with van der Waals surface area (Å²) in [6.07, 6.45) is 3.64. The van der Waals surface area contributed by atoms with E-state index in [0.29, 0.717) is 23.7 Å². The van der Waals surface area contributed by atoms with Crippen molar-refractivity contribution in [1.82, 2.24) is 4.90 Å². The summed E-state index contributed by atoms with van der Waals surface area (Å²) in [6, 6.07) is 5.56. The standard InChI is InChI=1S/C17H26ClN3O2/c1-12(19)15-5-3-4-10-21(15)17(22)8-9-20-14-11-13(18)6-7-16(14)23-2/h6-7,11-12,15,20H,3-5,8-10,19H2,1-2H3. The van der Waals surface area contributed by atoms with Crippen LogP contribution in [0.1, 0.15) is 32.6 Å². The minimum absolute atomic E-state index is 0.0141. The number of nitrogens with two attached hydrogens (primary N) is 1. The second kappa shape index (κ2) is 8.41. The van der Waals surface area contributed by atoms with E-state index in [-0.39, 0.29) is 18.0 Å². The molecule has 0 radical (unpaired) electrons. The van der Waals surface area contributed by atoms with E-state index in [4.69, 9.17) is 22.1 Å². The quantitative estimate of drug-likeness (QED) is 0.836. The maximum atomic E-state index is 12.5. The Morgan fingerprint density at radius 2 is 2.30 bits per heavy atom. The van der Waals surface area contributed by atoms with Crippen molar-refractivity contribution < 1.29 is 9.53 Å². The van der Waals surface area contributed by atoms with Gasteiger partial charge in [0.05, 0.1) is 12.8 Å². The van der Waals surface area contributed by atoms with Crippen LogP contribution in [0.25, 0.3) is 0 Å². The second-order valence-electron chi connectivity index (χ2n) is 6.03. The molecule has 3 N–H and O–H groups in total. The fraction of sp³-hybridized carbons (Fsp3) is 0.588. The van der Waals surface area contributed by atoms with Crippen molar-refractivity contribution in [3.63, 3.8) is 0 Å². The summed E-state index contributed by atoms with van der Waals surface area (Å²) in [7, 11) is 1.61. The van der Waals surface area contributed by atoms with Crippen LogP contribution in [0.4, 0.5) is 5.69 Å². The molecule has 1 aromatic rings. The number of likely N-dealkylation sites (tertiary alicyclic amines) is 1. The van der Waals surface area contributed by atoms with Crippen molar-refractivity contribution in [2.75, 3.05) is 25.5 Å². The average molecular weight is 340 g/mol. The van der Waals surface area contributed by atoms with Crippen LogP contribution in [-0.2, 0) is 4.79 Å². The highest BCUT2D eigenvalue weighted by atomic mass is 35.5. The molecule has 0 aliphatic carbocycles. The van der Waals surface area contributed by atoms with E-state index < -0.39 is 0 Å². The monoisotopic (exact) mass is 339 g/mol. The van der Waals surface area contributed by atoms with E-state index in [9.17, 15) is 4.79 Å². The molecule has 1 fully saturated rings. The van der Waals surface area contributed by atoms with E-state index in [0.717, 1.165) is 31.5 Å². The van der Waals surface area contributed by atoms with Gasteiger partial charge >= 0.3 is 0 Å². The fourth-order valence-electron chi connectivity index (χ4n) is 3.08. The lowest BCUT2D eigenvalue weighted by Crippen LogP contribution is -2.51. The van der Waals surface area contributed by atoms with Gasteiger partial charge in [-0.05, 0) is 44.4 Å². The minimum atomic E-state index is 0.0141. The Balaban J connectivity index is 1.90. The number of amides is 1. The van der Waals surface area contributed by atoms with Gasteiger partial charge in [0.25, 0.3) is 0 Å². The number of nitrogens with zero attached hydrogens (tertiary/aromatic N) is 1. The number of anilines is 1. The molecular weight excluding hydrogens is 314 g/mol. The molecule has 1 aliphatic rings. The third-order valence-corrected chi connectivity index (χ3v) is 4.53. The van der Waals surface area contributed by atoms with Crippen LogP contribution in [0.2, 0.25) is 5.02 Å². The molecular formula is C17H26ClN3O2. The first-order valence-electron chi connectivity index (χ1n) is 8.15. The van der Waals surface area contributed by atoms with E-state index >= 15 is 0 Å². The normalized spacial score (nSPS) is 19.3. The van der Waals surface area contributed by atoms with Crippen LogP contribution in [0, 0.1) is 0 Å². The van der Waals surface area contributed by atoms with Crippen molar-refractivity contribution >= 4 is 23.2 Å². The van der Waals surface area contributed by atoms with E-state index in [1.54, 1.807) is 19.2 Å². The molecule has 2 unspecified atom stereocenters. The topological polar surface area (TPSA) is 67.6 Å². The van der Waals surface area contributed by atoms with Gasteiger partial charge < -0.3 is 20.7 Å². The van der Waals surface area contributed by atoms with Gasteiger partial charge in [0.15, 0.2) is 0 Å². The smallest absolute Gasteiger partial charge is 0.224 e. The van der Waals surface area contributed by atoms with Crippen LogP contribution in [-0.4, -0.2) is 43.1 Å². The molecule has 0 saturated carbocycles. The molecule has 0 spiro atoms. The molecule has 23 heavy (non-hydrogen) atoms. The van der Waals surface area contributed by atoms with Crippen molar-refractivity contribution in [3.05, 3.63) is 23.2 Å². The zero-order valence-corrected chi connectivity index (χ0v) is 14.6. The molecule has 1 aliphatic heterocycles. The first kappa shape index (κ1) is 17.9. The summed E-state index contributed by atoms with van der Waals surface area (Å²) >= 11 is 6.01. The number of hydrogen-bond donors (Lipinski definition) is 2. The van der Waals surface area contributed by atoms with Crippen LogP contribution >= 0.6 is 11.6 Å². The lowest BCUT2D eigenvalue weighted by Gasteiger charge is -2.38. The number of carbonyl (C=O) groups is 1. The maximum absolute atomic E-state index is 12.5. The lowest BCUT2D eigenvalue weighted by atomic mass is 9.96. The fourth-order valence-corrected chi connectivity index (χ4v) is 3.25. The van der Waals surface area contributed by atoms with Gasteiger partial charge in [0.1, 0.15) is 5.75 Å². The van der Waals surface area contributed by atoms with E-state index in [2.05, 4.69) is 5.32 Å². The highest BCUT2D eigenvalue weighted by Gasteiger charge is 2.28. The number of ether oxygens (including phenoxy) is 1. The van der Waals surface area contributed by atoms with Crippen molar-refractivity contribution in [2.45, 2.75) is 44.7 Å². The molecule has 1 aromatic carbocycles. The Bertz CT molecular complexity index is 537. The molecule has 0 aromatic heterocycles. The number of nitrogens with one attached hydrogen (secondary N) is 1. The van der Waals surface area contributed by atoms with Crippen LogP contribution in [0.15, 0.2) is 18.2 Å². The number of carbonyl (C=O) groups excluding carboxylic acids is 1. The van der Waals surface area contributed by atoms with Crippen LogP contribution < -0.4 is 15.8 Å². The van der Waals surface area contributed by atoms with Crippen LogP contribution in [0.3, 0.4) is 0 Å². The highest BCUT2D eigenvalue weighted by Crippen LogP contribution is 2.27. The Morgan fingerprint density at radius 3 is 3.00 bits per heavy atom. The first-order chi connectivity index (χ1) is 11.0. The summed E-state index contributed by atoms with van der Waals surface area (Å²) in [4.78, 5) is 14.4. The summed E-state index contributed by atoms with van der Waals surface area (Å²) in [6.45, 7) is 3.33. The summed E-state index contributed by atoms with van der Waals surface area (Å²) in [5.74, 6) is 0.869. The second-order valence-corrected chi connectivity index (χ2v) is 6.47. The predicted molar refractivity (Wildman–Crippen MR) is 94.1 cm³/mol. The highest BCUT2D eigenvalue weighted by molar-refractivity contribution is 6.30. The van der Waals surface area contributed by atoms with Gasteiger partial charge in [-0.3, -0.25) is 4.79 Å². The number of hydrogen-bond acceptors (Lipinski definition) is 4. The largest absolute Gasteiger partial charge is 0.495 e. The Morgan fingerprint density at radius 1 is 1.52 bits per heavy atom. The van der Waals surface area contributed by atoms with Gasteiger partial charge in [-0.15, -0.1) is 0 Å². The molecule has 1 saturated heterocycles. The SMILES string of the molecule is COc1ccc(Cl)cc1NCCC(=O)N1CCCCC1C(C)N. The third kappa shape index (κ3) is 4.75. The Labute approximate surface area is 143 Å². The Kier molecular flexibility index (Phi) is 6.54. The zero-order chi connectivity index (χ0) is 16.8. The molecule has 1 amide bonds. The third-order valence-electron chi connectivity index (χ3n) is 4.29. The number of piperidine rings is 1. The number of rotatable bonds is 6. The van der Waals surface area contributed by atoms with Crippen LogP contribution in [0.5, 0.6) is 5.75 Å². The molecule has 2 rings (SSSR count). The zero-order valence-electron chi connectivity index (χ0n) is 13.8. The summed E-state index contributed by atoms with van der Waals surface area (Å²) in [5.41, 5.74) is 6.83. The van der Waals surface area contributed by atoms with Gasteiger partial charge in [-0.25, -0.2) is 0 Å². The molecule has 6 heteroatoms. The van der Waals surface area contributed by atoms with E-state index in [1.165, 1.54) is 0 Å². The Hall–Kier alpha value is -1.46. The predicted octanol–water partition coefficient (Wildman–Crippen LogP) is 2.88. The summed E-state index contributed by atoms with van der Waals surface area (Å²) < 4.78 is 5.29. The number of methoxy groups -OCH3 is 1. The molecule has 0 bridgehead atoms. The van der Waals surface area contributed by atoms with E-state index in [1.807, 2.05) is 17.9 Å². The molecule has 128 valence electrons. The van der Waals surface area contributed by atoms with Gasteiger partial charge in [0, 0.05) is 36.6 Å². The first-order valence-corrected chi connectivity index (χ1v) is 8.53. The van der Waals surface area contributed by atoms with Gasteiger partial charge in [0.2, 0.25) is 5.91 Å². The summed E-state index contributed by atoms with van der Waals surface area (Å²) in [5, 5.41) is 3.86.